The van der Waals surface area contributed by atoms with Crippen molar-refractivity contribution in [2.75, 3.05) is 0 Å². The van der Waals surface area contributed by atoms with Crippen molar-refractivity contribution in [2.45, 2.75) is 6.43 Å². The third-order valence-corrected chi connectivity index (χ3v) is 1.35. The summed E-state index contributed by atoms with van der Waals surface area (Å²) in [6, 6.07) is 0. The predicted octanol–water partition coefficient (Wildman–Crippen LogP) is 1.97. The molecule has 1 heterocycles. The van der Waals surface area contributed by atoms with Crippen LogP contribution in [0.15, 0.2) is 0 Å². The van der Waals surface area contributed by atoms with Gasteiger partial charge in [0.05, 0.1) is 0 Å². The van der Waals surface area contributed by atoms with Gasteiger partial charge in [0.2, 0.25) is 5.75 Å². The summed E-state index contributed by atoms with van der Waals surface area (Å²) in [4.78, 5) is 9.81. The molecule has 0 spiro atoms. The molecule has 8 heteroatoms. The fourth-order valence-electron chi connectivity index (χ4n) is 0.821. The first kappa shape index (κ1) is 10.5. The molecule has 0 aromatic carbocycles. The summed E-state index contributed by atoms with van der Waals surface area (Å²) in [5.41, 5.74) is -1.11. The van der Waals surface area contributed by atoms with Crippen molar-refractivity contribution in [3.8, 4) is 5.75 Å². The summed E-state index contributed by atoms with van der Waals surface area (Å²) in [6.45, 7) is 0. The third kappa shape index (κ3) is 1.83. The highest BCUT2D eigenvalue weighted by Crippen LogP contribution is 2.30. The molecule has 78 valence electrons. The van der Waals surface area contributed by atoms with E-state index in [2.05, 4.69) is 9.84 Å². The normalized spacial score (nSPS) is 10.7. The second kappa shape index (κ2) is 3.64. The highest BCUT2D eigenvalue weighted by Gasteiger charge is 2.26. The van der Waals surface area contributed by atoms with Gasteiger partial charge in [-0.05, 0) is 0 Å². The van der Waals surface area contributed by atoms with Crippen LogP contribution >= 0.6 is 0 Å². The second-order valence-corrected chi connectivity index (χ2v) is 2.27. The maximum Gasteiger partial charge on any atom is 0.501 e. The number of carbonyl (C=O) groups excluding carboxylic acids is 1. The van der Waals surface area contributed by atoms with Crippen molar-refractivity contribution < 1.29 is 27.1 Å². The number of aromatic nitrogens is 2. The lowest BCUT2D eigenvalue weighted by Gasteiger charge is -1.97. The topological polar surface area (TPSA) is 44.1 Å². The first-order valence-corrected chi connectivity index (χ1v) is 3.31. The fraction of sp³-hybridized carbons (Fsp3) is 0.333. The monoisotopic (exact) mass is 212 g/mol. The van der Waals surface area contributed by atoms with Crippen molar-refractivity contribution in [3.05, 3.63) is 11.6 Å². The summed E-state index contributed by atoms with van der Waals surface area (Å²) in [7, 11) is 1.01. The summed E-state index contributed by atoms with van der Waals surface area (Å²) in [5, 5.41) is 3.01. The Kier molecular flexibility index (Phi) is 2.73. The fourth-order valence-corrected chi connectivity index (χ4v) is 0.821. The predicted molar refractivity (Wildman–Crippen MR) is 35.3 cm³/mol. The van der Waals surface area contributed by atoms with Crippen LogP contribution in [0, 0.1) is 5.95 Å². The van der Waals surface area contributed by atoms with Gasteiger partial charge < -0.3 is 4.74 Å². The summed E-state index contributed by atoms with van der Waals surface area (Å²) < 4.78 is 52.8. The lowest BCUT2D eigenvalue weighted by molar-refractivity contribution is 0.137. The number of carbonyl (C=O) groups is 1. The van der Waals surface area contributed by atoms with Crippen LogP contribution in [0.5, 0.6) is 5.75 Å². The van der Waals surface area contributed by atoms with Gasteiger partial charge in [-0.1, -0.05) is 0 Å². The number of rotatable bonds is 2. The van der Waals surface area contributed by atoms with E-state index < -0.39 is 30.0 Å². The van der Waals surface area contributed by atoms with Gasteiger partial charge in [0.25, 0.3) is 12.4 Å². The first-order valence-electron chi connectivity index (χ1n) is 3.31. The first-order chi connectivity index (χ1) is 6.43. The summed E-state index contributed by atoms with van der Waals surface area (Å²) >= 11 is 0. The molecular weight excluding hydrogens is 208 g/mol. The Bertz CT molecular complexity index is 363. The zero-order chi connectivity index (χ0) is 10.9. The van der Waals surface area contributed by atoms with Gasteiger partial charge in [-0.25, -0.2) is 18.3 Å². The second-order valence-electron chi connectivity index (χ2n) is 2.27. The smallest absolute Gasteiger partial charge is 0.394 e. The van der Waals surface area contributed by atoms with E-state index in [1.807, 2.05) is 0 Å². The molecule has 14 heavy (non-hydrogen) atoms. The maximum absolute atomic E-state index is 12.9. The minimum absolute atomic E-state index is 0.416. The number of alkyl halides is 2. The van der Waals surface area contributed by atoms with Crippen LogP contribution in [-0.4, -0.2) is 16.0 Å². The molecule has 1 aromatic heterocycles. The summed E-state index contributed by atoms with van der Waals surface area (Å²) in [5.74, 6) is -2.53. The van der Waals surface area contributed by atoms with Crippen molar-refractivity contribution in [2.24, 2.45) is 7.05 Å². The van der Waals surface area contributed by atoms with E-state index in [1.54, 1.807) is 0 Å². The Balaban J connectivity index is 3.16. The molecule has 0 N–H and O–H groups in total. The van der Waals surface area contributed by atoms with E-state index in [0.29, 0.717) is 4.68 Å². The number of hydrogen-bond donors (Lipinski definition) is 0. The molecule has 4 nitrogen and oxygen atoms in total. The van der Waals surface area contributed by atoms with E-state index in [-0.39, 0.29) is 0 Å². The van der Waals surface area contributed by atoms with Gasteiger partial charge >= 0.3 is 6.22 Å². The van der Waals surface area contributed by atoms with Gasteiger partial charge in [0.1, 0.15) is 0 Å². The van der Waals surface area contributed by atoms with E-state index in [0.717, 1.165) is 7.05 Å². The molecule has 0 saturated carbocycles. The Morgan fingerprint density at radius 1 is 1.57 bits per heavy atom. The Labute approximate surface area is 75.1 Å². The van der Waals surface area contributed by atoms with Crippen LogP contribution in [0.25, 0.3) is 0 Å². The van der Waals surface area contributed by atoms with Crippen LogP contribution in [-0.2, 0) is 7.05 Å². The highest BCUT2D eigenvalue weighted by molar-refractivity contribution is 5.62. The average molecular weight is 212 g/mol. The van der Waals surface area contributed by atoms with Gasteiger partial charge in [-0.15, -0.1) is 4.39 Å². The van der Waals surface area contributed by atoms with E-state index >= 15 is 0 Å². The molecule has 0 aliphatic heterocycles. The van der Waals surface area contributed by atoms with Gasteiger partial charge in [-0.2, -0.15) is 9.49 Å². The Hall–Kier alpha value is -1.60. The standard InChI is InChI=1S/C6H4F4N2O2/c1-12-5(9)3(14-6(10)13)2(11-12)4(7)8/h4H,1H3. The van der Waals surface area contributed by atoms with Crippen molar-refractivity contribution in [3.63, 3.8) is 0 Å². The SMILES string of the molecule is Cn1nc(C(F)F)c(OC(=O)F)c1F. The molecule has 1 aromatic rings. The molecule has 0 amide bonds. The summed E-state index contributed by atoms with van der Waals surface area (Å²) in [6.07, 6.45) is -5.53. The molecule has 0 fully saturated rings. The number of halogens is 4. The lowest BCUT2D eigenvalue weighted by atomic mass is 10.4. The zero-order valence-corrected chi connectivity index (χ0v) is 6.80. The van der Waals surface area contributed by atoms with E-state index in [9.17, 15) is 22.4 Å². The van der Waals surface area contributed by atoms with Crippen LogP contribution in [0.3, 0.4) is 0 Å². The van der Waals surface area contributed by atoms with Crippen molar-refractivity contribution in [1.29, 1.82) is 0 Å². The highest BCUT2D eigenvalue weighted by atomic mass is 19.3. The lowest BCUT2D eigenvalue weighted by Crippen LogP contribution is -2.01. The van der Waals surface area contributed by atoms with Crippen LogP contribution < -0.4 is 4.74 Å². The van der Waals surface area contributed by atoms with E-state index in [4.69, 9.17) is 0 Å². The quantitative estimate of drug-likeness (QED) is 0.556. The van der Waals surface area contributed by atoms with Gasteiger partial charge in [0, 0.05) is 7.05 Å². The molecule has 0 aliphatic carbocycles. The molecule has 0 saturated heterocycles. The van der Waals surface area contributed by atoms with Crippen LogP contribution in [0.2, 0.25) is 0 Å². The molecular formula is C6H4F4N2O2. The third-order valence-electron chi connectivity index (χ3n) is 1.35. The molecule has 0 atom stereocenters. The van der Waals surface area contributed by atoms with Gasteiger partial charge in [-0.3, -0.25) is 0 Å². The van der Waals surface area contributed by atoms with Gasteiger partial charge in [0.15, 0.2) is 5.69 Å². The number of hydrogen-bond acceptors (Lipinski definition) is 3. The average Bonchev–Trinajstić information content (AvgIpc) is 2.32. The number of nitrogens with zero attached hydrogens (tertiary/aromatic N) is 2. The number of ether oxygens (including phenoxy) is 1. The van der Waals surface area contributed by atoms with Crippen LogP contribution in [0.1, 0.15) is 12.1 Å². The largest absolute Gasteiger partial charge is 0.501 e. The molecule has 0 unspecified atom stereocenters. The Morgan fingerprint density at radius 2 is 2.14 bits per heavy atom. The molecule has 0 bridgehead atoms. The molecule has 0 aliphatic rings. The number of aryl methyl sites for hydroxylation is 1. The molecule has 0 radical (unpaired) electrons. The van der Waals surface area contributed by atoms with Crippen LogP contribution in [0.4, 0.5) is 22.4 Å². The molecule has 1 rings (SSSR count). The van der Waals surface area contributed by atoms with Crippen molar-refractivity contribution in [1.82, 2.24) is 9.78 Å². The maximum atomic E-state index is 12.9. The van der Waals surface area contributed by atoms with Crippen molar-refractivity contribution >= 4 is 6.22 Å². The zero-order valence-electron chi connectivity index (χ0n) is 6.80. The minimum atomic E-state index is -3.15. The minimum Gasteiger partial charge on any atom is -0.394 e. The Morgan fingerprint density at radius 3 is 2.57 bits per heavy atom. The van der Waals surface area contributed by atoms with E-state index in [1.165, 1.54) is 0 Å².